The van der Waals surface area contributed by atoms with Crippen LogP contribution in [0.5, 0.6) is 11.5 Å². The maximum atomic E-state index is 11.7. The van der Waals surface area contributed by atoms with E-state index in [0.29, 0.717) is 40.4 Å². The molecule has 0 fully saturated rings. The molecule has 10 heteroatoms. The van der Waals surface area contributed by atoms with Crippen molar-refractivity contribution < 1.29 is 19.4 Å². The third-order valence-electron chi connectivity index (χ3n) is 6.90. The fourth-order valence-electron chi connectivity index (χ4n) is 4.71. The minimum absolute atomic E-state index is 0.124. The van der Waals surface area contributed by atoms with Crippen LogP contribution in [0.4, 0.5) is 5.69 Å². The molecular formula is C32H36Cl2N4O4. The van der Waals surface area contributed by atoms with Crippen molar-refractivity contribution in [3.8, 4) is 17.2 Å². The molecule has 1 aromatic heterocycles. The van der Waals surface area contributed by atoms with Gasteiger partial charge in [-0.3, -0.25) is 0 Å². The monoisotopic (exact) mass is 610 g/mol. The summed E-state index contributed by atoms with van der Waals surface area (Å²) in [6, 6.07) is 16.5. The van der Waals surface area contributed by atoms with Gasteiger partial charge in [-0.05, 0) is 72.9 Å². The van der Waals surface area contributed by atoms with E-state index in [1.54, 1.807) is 28.9 Å². The Morgan fingerprint density at radius 1 is 1.07 bits per heavy atom. The topological polar surface area (TPSA) is 89.7 Å². The average Bonchev–Trinajstić information content (AvgIpc) is 3.35. The zero-order valence-electron chi connectivity index (χ0n) is 24.5. The van der Waals surface area contributed by atoms with Crippen LogP contribution in [0.25, 0.3) is 5.69 Å². The standard InChI is InChI=1S/C32H36Cl2N4O4/c1-6-7-15-41-29-17-22(11-13-24(29)32(39)40)18-37(5)27-14-12-23(16-21(27)4)42-19-28-30(20(2)3)35-36-38(28)31-25(33)9-8-10-26(31)34/h8-14,16-17,20H,6-7,15,18-19H2,1-5H3,(H,39,40). The molecule has 4 aromatic rings. The number of aromatic nitrogens is 3. The molecule has 0 aliphatic heterocycles. The van der Waals surface area contributed by atoms with Gasteiger partial charge in [0.05, 0.1) is 22.3 Å². The molecule has 0 aliphatic rings. The number of aromatic carboxylic acids is 1. The Hall–Kier alpha value is -3.75. The Morgan fingerprint density at radius 2 is 1.81 bits per heavy atom. The van der Waals surface area contributed by atoms with Crippen molar-refractivity contribution >= 4 is 34.9 Å². The van der Waals surface area contributed by atoms with Gasteiger partial charge in [0.25, 0.3) is 0 Å². The molecule has 0 spiro atoms. The van der Waals surface area contributed by atoms with Gasteiger partial charge in [0.2, 0.25) is 0 Å². The molecule has 42 heavy (non-hydrogen) atoms. The van der Waals surface area contributed by atoms with Crippen molar-refractivity contribution in [2.45, 2.75) is 59.6 Å². The smallest absolute Gasteiger partial charge is 0.339 e. The first-order valence-corrected chi connectivity index (χ1v) is 14.7. The minimum atomic E-state index is -0.998. The highest BCUT2D eigenvalue weighted by molar-refractivity contribution is 6.37. The summed E-state index contributed by atoms with van der Waals surface area (Å²) >= 11 is 12.9. The quantitative estimate of drug-likeness (QED) is 0.153. The van der Waals surface area contributed by atoms with Crippen LogP contribution in [0.2, 0.25) is 10.0 Å². The lowest BCUT2D eigenvalue weighted by molar-refractivity contribution is 0.0692. The van der Waals surface area contributed by atoms with Crippen molar-refractivity contribution in [1.29, 1.82) is 0 Å². The second kappa shape index (κ2) is 13.9. The van der Waals surface area contributed by atoms with E-state index in [2.05, 4.69) is 36.0 Å². The van der Waals surface area contributed by atoms with E-state index in [4.69, 9.17) is 32.7 Å². The Kier molecular flexibility index (Phi) is 10.4. The van der Waals surface area contributed by atoms with E-state index >= 15 is 0 Å². The van der Waals surface area contributed by atoms with Gasteiger partial charge in [-0.2, -0.15) is 0 Å². The summed E-state index contributed by atoms with van der Waals surface area (Å²) in [4.78, 5) is 13.8. The lowest BCUT2D eigenvalue weighted by Gasteiger charge is -2.23. The van der Waals surface area contributed by atoms with Crippen molar-refractivity contribution in [2.24, 2.45) is 0 Å². The van der Waals surface area contributed by atoms with E-state index in [-0.39, 0.29) is 18.1 Å². The molecule has 0 bridgehead atoms. The molecule has 1 heterocycles. The van der Waals surface area contributed by atoms with Crippen LogP contribution in [-0.2, 0) is 13.2 Å². The van der Waals surface area contributed by atoms with Crippen molar-refractivity contribution in [1.82, 2.24) is 15.0 Å². The molecule has 0 amide bonds. The van der Waals surface area contributed by atoms with Gasteiger partial charge in [-0.25, -0.2) is 9.48 Å². The lowest BCUT2D eigenvalue weighted by Crippen LogP contribution is -2.18. The van der Waals surface area contributed by atoms with E-state index < -0.39 is 5.97 Å². The molecule has 4 rings (SSSR count). The zero-order chi connectivity index (χ0) is 30.4. The largest absolute Gasteiger partial charge is 0.493 e. The van der Waals surface area contributed by atoms with Crippen molar-refractivity contribution in [3.63, 3.8) is 0 Å². The number of carboxylic acids is 1. The van der Waals surface area contributed by atoms with Crippen LogP contribution in [0.3, 0.4) is 0 Å². The normalized spacial score (nSPS) is 11.1. The minimum Gasteiger partial charge on any atom is -0.493 e. The third kappa shape index (κ3) is 7.17. The van der Waals surface area contributed by atoms with Gasteiger partial charge < -0.3 is 19.5 Å². The van der Waals surface area contributed by atoms with E-state index in [0.717, 1.165) is 41.0 Å². The predicted molar refractivity (Wildman–Crippen MR) is 167 cm³/mol. The summed E-state index contributed by atoms with van der Waals surface area (Å²) in [7, 11) is 2.00. The zero-order valence-corrected chi connectivity index (χ0v) is 26.0. The maximum absolute atomic E-state index is 11.7. The number of carboxylic acid groups (broad SMARTS) is 1. The summed E-state index contributed by atoms with van der Waals surface area (Å²) in [5.41, 5.74) is 5.34. The predicted octanol–water partition coefficient (Wildman–Crippen LogP) is 8.10. The first kappa shape index (κ1) is 31.2. The highest BCUT2D eigenvalue weighted by Gasteiger charge is 2.21. The lowest BCUT2D eigenvalue weighted by atomic mass is 10.1. The molecule has 0 saturated carbocycles. The van der Waals surface area contributed by atoms with Crippen molar-refractivity contribution in [2.75, 3.05) is 18.6 Å². The third-order valence-corrected chi connectivity index (χ3v) is 7.51. The fourth-order valence-corrected chi connectivity index (χ4v) is 5.27. The SMILES string of the molecule is CCCCOc1cc(CN(C)c2ccc(OCc3c(C(C)C)nnn3-c3c(Cl)cccc3Cl)cc2C)ccc1C(=O)O. The molecule has 222 valence electrons. The number of anilines is 1. The van der Waals surface area contributed by atoms with Gasteiger partial charge in [0.1, 0.15) is 35.1 Å². The first-order valence-electron chi connectivity index (χ1n) is 13.9. The Labute approximate surface area is 256 Å². The Balaban J connectivity index is 1.51. The van der Waals surface area contributed by atoms with Crippen LogP contribution in [0, 0.1) is 6.92 Å². The van der Waals surface area contributed by atoms with E-state index in [1.165, 1.54) is 0 Å². The van der Waals surface area contributed by atoms with Crippen LogP contribution in [0.1, 0.15) is 72.4 Å². The number of carbonyl (C=O) groups is 1. The maximum Gasteiger partial charge on any atom is 0.339 e. The van der Waals surface area contributed by atoms with Crippen LogP contribution in [0.15, 0.2) is 54.6 Å². The number of nitrogens with zero attached hydrogens (tertiary/aromatic N) is 4. The van der Waals surface area contributed by atoms with Gasteiger partial charge >= 0.3 is 5.97 Å². The number of hydrogen-bond donors (Lipinski definition) is 1. The van der Waals surface area contributed by atoms with Gasteiger partial charge in [0.15, 0.2) is 0 Å². The average molecular weight is 612 g/mol. The molecule has 0 atom stereocenters. The van der Waals surface area contributed by atoms with E-state index in [9.17, 15) is 9.90 Å². The summed E-state index contributed by atoms with van der Waals surface area (Å²) < 4.78 is 13.7. The summed E-state index contributed by atoms with van der Waals surface area (Å²) in [6.07, 6.45) is 1.83. The number of ether oxygens (including phenoxy) is 2. The number of benzene rings is 3. The van der Waals surface area contributed by atoms with Gasteiger partial charge in [-0.15, -0.1) is 5.10 Å². The van der Waals surface area contributed by atoms with E-state index in [1.807, 2.05) is 44.3 Å². The number of rotatable bonds is 13. The highest BCUT2D eigenvalue weighted by atomic mass is 35.5. The number of aryl methyl sites for hydroxylation is 1. The first-order chi connectivity index (χ1) is 20.1. The molecule has 0 unspecified atom stereocenters. The highest BCUT2D eigenvalue weighted by Crippen LogP contribution is 2.32. The Morgan fingerprint density at radius 3 is 2.45 bits per heavy atom. The number of unbranched alkanes of at least 4 members (excludes halogenated alkanes) is 1. The van der Waals surface area contributed by atoms with Gasteiger partial charge in [-0.1, -0.05) is 67.7 Å². The fraction of sp³-hybridized carbons (Fsp3) is 0.344. The number of hydrogen-bond acceptors (Lipinski definition) is 6. The molecule has 3 aromatic carbocycles. The number of halogens is 2. The molecular weight excluding hydrogens is 575 g/mol. The van der Waals surface area contributed by atoms with Crippen molar-refractivity contribution in [3.05, 3.63) is 92.7 Å². The second-order valence-corrected chi connectivity index (χ2v) is 11.3. The summed E-state index contributed by atoms with van der Waals surface area (Å²) in [6.45, 7) is 9.49. The van der Waals surface area contributed by atoms with Gasteiger partial charge in [0, 0.05) is 19.3 Å². The molecule has 0 aliphatic carbocycles. The summed E-state index contributed by atoms with van der Waals surface area (Å²) in [5.74, 6) is 0.227. The molecule has 1 N–H and O–H groups in total. The summed E-state index contributed by atoms with van der Waals surface area (Å²) in [5, 5.41) is 19.2. The Bertz CT molecular complexity index is 1530. The second-order valence-electron chi connectivity index (χ2n) is 10.5. The van der Waals surface area contributed by atoms with Crippen LogP contribution >= 0.6 is 23.2 Å². The molecule has 8 nitrogen and oxygen atoms in total. The molecule has 0 saturated heterocycles. The number of para-hydroxylation sites is 1. The molecule has 0 radical (unpaired) electrons. The van der Waals surface area contributed by atoms with Crippen LogP contribution in [-0.4, -0.2) is 39.7 Å². The van der Waals surface area contributed by atoms with Crippen LogP contribution < -0.4 is 14.4 Å².